The zero-order valence-electron chi connectivity index (χ0n) is 12.2. The number of hydrogen-bond acceptors (Lipinski definition) is 3. The van der Waals surface area contributed by atoms with Crippen LogP contribution < -0.4 is 5.32 Å². The summed E-state index contributed by atoms with van der Waals surface area (Å²) in [7, 11) is -3.82. The van der Waals surface area contributed by atoms with Crippen LogP contribution >= 0.6 is 0 Å². The van der Waals surface area contributed by atoms with Gasteiger partial charge in [0.1, 0.15) is 0 Å². The molecule has 1 rings (SSSR count). The summed E-state index contributed by atoms with van der Waals surface area (Å²) in [6.07, 6.45) is -3.98. The van der Waals surface area contributed by atoms with E-state index in [9.17, 15) is 21.6 Å². The van der Waals surface area contributed by atoms with Crippen LogP contribution in [0.15, 0.2) is 29.2 Å². The molecule has 0 saturated heterocycles. The van der Waals surface area contributed by atoms with Gasteiger partial charge in [0.15, 0.2) is 9.84 Å². The van der Waals surface area contributed by atoms with E-state index in [1.807, 2.05) is 13.8 Å². The summed E-state index contributed by atoms with van der Waals surface area (Å²) in [4.78, 5) is -0.291. The fraction of sp³-hybridized carbons (Fsp3) is 0.571. The van der Waals surface area contributed by atoms with Crippen molar-refractivity contribution < 1.29 is 21.6 Å². The molecule has 0 aliphatic carbocycles. The van der Waals surface area contributed by atoms with Crippen LogP contribution in [0.5, 0.6) is 0 Å². The number of benzene rings is 1. The van der Waals surface area contributed by atoms with Gasteiger partial charge in [-0.2, -0.15) is 13.2 Å². The van der Waals surface area contributed by atoms with Crippen LogP contribution in [0, 0.1) is 0 Å². The maximum absolute atomic E-state index is 12.7. The van der Waals surface area contributed by atoms with Crippen LogP contribution in [0.3, 0.4) is 0 Å². The molecule has 0 spiro atoms. The highest BCUT2D eigenvalue weighted by atomic mass is 32.2. The van der Waals surface area contributed by atoms with Gasteiger partial charge in [0.2, 0.25) is 0 Å². The molecule has 3 nitrogen and oxygen atoms in total. The molecule has 0 amide bonds. The van der Waals surface area contributed by atoms with Gasteiger partial charge < -0.3 is 5.32 Å². The summed E-state index contributed by atoms with van der Waals surface area (Å²) in [5, 5.41) is 2.25. The summed E-state index contributed by atoms with van der Waals surface area (Å²) < 4.78 is 63.0. The molecule has 0 aliphatic rings. The topological polar surface area (TPSA) is 46.2 Å². The lowest BCUT2D eigenvalue weighted by Gasteiger charge is -2.24. The van der Waals surface area contributed by atoms with Crippen molar-refractivity contribution in [3.05, 3.63) is 29.8 Å². The van der Waals surface area contributed by atoms with E-state index in [0.717, 1.165) is 12.1 Å². The van der Waals surface area contributed by atoms with E-state index in [4.69, 9.17) is 0 Å². The van der Waals surface area contributed by atoms with Crippen LogP contribution in [0.2, 0.25) is 0 Å². The predicted molar refractivity (Wildman–Crippen MR) is 75.8 cm³/mol. The first kappa shape index (κ1) is 18.0. The van der Waals surface area contributed by atoms with Crippen LogP contribution in [-0.4, -0.2) is 26.3 Å². The molecule has 1 aromatic rings. The monoisotopic (exact) mass is 323 g/mol. The molecule has 0 radical (unpaired) electrons. The molecule has 1 N–H and O–H groups in total. The molecule has 0 saturated carbocycles. The minimum Gasteiger partial charge on any atom is -0.313 e. The average Bonchev–Trinajstić information content (AvgIpc) is 2.43. The third-order valence-electron chi connectivity index (χ3n) is 3.45. The van der Waals surface area contributed by atoms with E-state index in [0.29, 0.717) is 19.0 Å². The van der Waals surface area contributed by atoms with Crippen molar-refractivity contribution in [2.75, 3.05) is 6.54 Å². The van der Waals surface area contributed by atoms with Crippen LogP contribution in [0.1, 0.15) is 32.8 Å². The van der Waals surface area contributed by atoms with E-state index < -0.39 is 26.8 Å². The van der Waals surface area contributed by atoms with Crippen molar-refractivity contribution in [2.45, 2.75) is 49.6 Å². The number of rotatable bonds is 6. The van der Waals surface area contributed by atoms with Gasteiger partial charge in [0.05, 0.1) is 15.7 Å². The highest BCUT2D eigenvalue weighted by molar-refractivity contribution is 7.92. The first-order valence-corrected chi connectivity index (χ1v) is 8.33. The van der Waals surface area contributed by atoms with Crippen molar-refractivity contribution in [1.82, 2.24) is 5.32 Å². The smallest absolute Gasteiger partial charge is 0.313 e. The Labute approximate surface area is 123 Å². The molecule has 2 atom stereocenters. The molecule has 0 fully saturated rings. The Hall–Kier alpha value is -1.08. The first-order chi connectivity index (χ1) is 9.64. The number of hydrogen-bond donors (Lipinski definition) is 1. The molecule has 21 heavy (non-hydrogen) atoms. The Morgan fingerprint density at radius 1 is 1.24 bits per heavy atom. The van der Waals surface area contributed by atoms with Crippen LogP contribution in [-0.2, 0) is 16.0 Å². The Bertz CT molecular complexity index is 570. The van der Waals surface area contributed by atoms with Gasteiger partial charge in [0, 0.05) is 6.04 Å². The molecule has 0 aromatic heterocycles. The Morgan fingerprint density at radius 3 is 2.33 bits per heavy atom. The van der Waals surface area contributed by atoms with Gasteiger partial charge in [-0.05, 0) is 38.1 Å². The van der Waals surface area contributed by atoms with Crippen molar-refractivity contribution >= 4 is 9.84 Å². The summed E-state index contributed by atoms with van der Waals surface area (Å²) in [5.74, 6) is 0. The normalized spacial score (nSPS) is 15.7. The number of halogens is 3. The highest BCUT2D eigenvalue weighted by Crippen LogP contribution is 2.31. The SMILES string of the molecule is CCNC(CC)C(C)S(=O)(=O)c1cccc(C(F)(F)F)c1. The zero-order valence-corrected chi connectivity index (χ0v) is 13.1. The molecule has 0 aliphatic heterocycles. The third-order valence-corrected chi connectivity index (χ3v) is 5.67. The van der Waals surface area contributed by atoms with Crippen molar-refractivity contribution in [3.63, 3.8) is 0 Å². The Morgan fingerprint density at radius 2 is 1.86 bits per heavy atom. The molecule has 120 valence electrons. The quantitative estimate of drug-likeness (QED) is 0.874. The van der Waals surface area contributed by atoms with E-state index in [1.165, 1.54) is 13.0 Å². The van der Waals surface area contributed by atoms with Gasteiger partial charge in [-0.3, -0.25) is 0 Å². The van der Waals surface area contributed by atoms with Gasteiger partial charge >= 0.3 is 6.18 Å². The van der Waals surface area contributed by atoms with Crippen molar-refractivity contribution in [3.8, 4) is 0 Å². The lowest BCUT2D eigenvalue weighted by Crippen LogP contribution is -2.42. The first-order valence-electron chi connectivity index (χ1n) is 6.79. The van der Waals surface area contributed by atoms with Crippen molar-refractivity contribution in [2.24, 2.45) is 0 Å². The van der Waals surface area contributed by atoms with Gasteiger partial charge in [-0.1, -0.05) is 19.9 Å². The molecule has 1 aromatic carbocycles. The Balaban J connectivity index is 3.19. The molecular weight excluding hydrogens is 303 g/mol. The van der Waals surface area contributed by atoms with Crippen molar-refractivity contribution in [1.29, 1.82) is 0 Å². The van der Waals surface area contributed by atoms with Crippen LogP contribution in [0.25, 0.3) is 0 Å². The van der Waals surface area contributed by atoms with Gasteiger partial charge in [-0.25, -0.2) is 8.42 Å². The average molecular weight is 323 g/mol. The summed E-state index contributed by atoms with van der Waals surface area (Å²) in [6, 6.07) is 3.60. The lowest BCUT2D eigenvalue weighted by molar-refractivity contribution is -0.137. The fourth-order valence-corrected chi connectivity index (χ4v) is 3.89. The molecule has 2 unspecified atom stereocenters. The van der Waals surface area contributed by atoms with E-state index in [-0.39, 0.29) is 10.9 Å². The molecular formula is C14H20F3NO2S. The minimum absolute atomic E-state index is 0.291. The number of sulfone groups is 1. The molecule has 0 heterocycles. The second-order valence-corrected chi connectivity index (χ2v) is 7.15. The summed E-state index contributed by atoms with van der Waals surface area (Å²) in [6.45, 7) is 5.81. The van der Waals surface area contributed by atoms with E-state index in [1.54, 1.807) is 0 Å². The second kappa shape index (κ2) is 6.79. The largest absolute Gasteiger partial charge is 0.416 e. The zero-order chi connectivity index (χ0) is 16.3. The predicted octanol–water partition coefficient (Wildman–Crippen LogP) is 3.26. The maximum atomic E-state index is 12.7. The van der Waals surface area contributed by atoms with Gasteiger partial charge in [0.25, 0.3) is 0 Å². The van der Waals surface area contributed by atoms with Gasteiger partial charge in [-0.15, -0.1) is 0 Å². The fourth-order valence-electron chi connectivity index (χ4n) is 2.18. The summed E-state index contributed by atoms with van der Waals surface area (Å²) >= 11 is 0. The third kappa shape index (κ3) is 4.20. The van der Waals surface area contributed by atoms with E-state index >= 15 is 0 Å². The lowest BCUT2D eigenvalue weighted by atomic mass is 10.1. The molecule has 7 heteroatoms. The number of alkyl halides is 3. The Kier molecular flexibility index (Phi) is 5.81. The maximum Gasteiger partial charge on any atom is 0.416 e. The second-order valence-electron chi connectivity index (χ2n) is 4.85. The summed E-state index contributed by atoms with van der Waals surface area (Å²) in [5.41, 5.74) is -0.952. The van der Waals surface area contributed by atoms with E-state index in [2.05, 4.69) is 5.32 Å². The highest BCUT2D eigenvalue weighted by Gasteiger charge is 2.34. The van der Waals surface area contributed by atoms with Crippen LogP contribution in [0.4, 0.5) is 13.2 Å². The number of nitrogens with one attached hydrogen (secondary N) is 1. The molecule has 0 bridgehead atoms. The minimum atomic E-state index is -4.55. The standard InChI is InChI=1S/C14H20F3NO2S/c1-4-13(18-5-2)10(3)21(19,20)12-8-6-7-11(9-12)14(15,16)17/h6-10,13,18H,4-5H2,1-3H3.